The van der Waals surface area contributed by atoms with E-state index in [1.165, 1.54) is 17.3 Å². The Morgan fingerprint density at radius 2 is 1.85 bits per heavy atom. The number of aromatic nitrogens is 2. The first kappa shape index (κ1) is 31.8. The minimum absolute atomic E-state index is 0.131. The number of benzene rings is 1. The van der Waals surface area contributed by atoms with Gasteiger partial charge in [-0.25, -0.2) is 9.78 Å². The molecule has 222 valence electrons. The molecular weight excluding hydrogens is 541 g/mol. The fraction of sp³-hybridized carbons (Fsp3) is 0.500. The highest BCUT2D eigenvalue weighted by Crippen LogP contribution is 2.40. The molecule has 0 unspecified atom stereocenters. The van der Waals surface area contributed by atoms with Crippen molar-refractivity contribution in [2.45, 2.75) is 45.8 Å². The van der Waals surface area contributed by atoms with Crippen LogP contribution in [-0.4, -0.2) is 87.4 Å². The van der Waals surface area contributed by atoms with Gasteiger partial charge in [-0.2, -0.15) is 18.4 Å². The number of carboxylic acid groups (broad SMARTS) is 1. The zero-order valence-electron chi connectivity index (χ0n) is 23.1. The number of piperazine rings is 1. The number of carbonyl (C=O) groups is 2. The van der Waals surface area contributed by atoms with Crippen molar-refractivity contribution < 1.29 is 33.0 Å². The van der Waals surface area contributed by atoms with Crippen LogP contribution in [0.5, 0.6) is 0 Å². The third-order valence-corrected chi connectivity index (χ3v) is 7.09. The number of hydrogen-bond acceptors (Lipinski definition) is 7. The Bertz CT molecular complexity index is 1290. The van der Waals surface area contributed by atoms with Gasteiger partial charge in [-0.05, 0) is 47.9 Å². The van der Waals surface area contributed by atoms with E-state index in [1.807, 2.05) is 12.1 Å². The average molecular weight is 577 g/mol. The highest BCUT2D eigenvalue weighted by molar-refractivity contribution is 6.03. The molecule has 1 amide bonds. The van der Waals surface area contributed by atoms with Crippen LogP contribution in [0.3, 0.4) is 0 Å². The molecule has 0 saturated carbocycles. The third kappa shape index (κ3) is 9.41. The summed E-state index contributed by atoms with van der Waals surface area (Å²) in [6, 6.07) is 8.24. The molecule has 0 atom stereocenters. The lowest BCUT2D eigenvalue weighted by Crippen LogP contribution is -2.46. The molecular formula is C28H35F3N6O4. The summed E-state index contributed by atoms with van der Waals surface area (Å²) < 4.78 is 31.7. The molecule has 1 aliphatic heterocycles. The van der Waals surface area contributed by atoms with Gasteiger partial charge in [0, 0.05) is 50.5 Å². The van der Waals surface area contributed by atoms with E-state index in [0.29, 0.717) is 5.41 Å². The number of nitrogens with one attached hydrogen (secondary N) is 2. The average Bonchev–Trinajstić information content (AvgIpc) is 3.40. The van der Waals surface area contributed by atoms with Crippen LogP contribution in [0.4, 0.5) is 18.9 Å². The molecule has 1 fully saturated rings. The number of nitrogens with zero attached hydrogens (tertiary/aromatic N) is 4. The van der Waals surface area contributed by atoms with Gasteiger partial charge in [-0.1, -0.05) is 26.0 Å². The molecule has 1 saturated heterocycles. The number of β-amino-alcohol motifs (C(OH)–C–C–N with tert-alkyl or cyclic N) is 1. The fourth-order valence-electron chi connectivity index (χ4n) is 4.63. The summed E-state index contributed by atoms with van der Waals surface area (Å²) in [5.74, 6) is -2.98. The largest absolute Gasteiger partial charge is 0.490 e. The van der Waals surface area contributed by atoms with E-state index in [4.69, 9.17) is 15.2 Å². The summed E-state index contributed by atoms with van der Waals surface area (Å²) in [6.45, 7) is 10.3. The molecule has 4 rings (SSSR count). The molecule has 0 bridgehead atoms. The van der Waals surface area contributed by atoms with Crippen molar-refractivity contribution in [1.82, 2.24) is 19.8 Å². The molecule has 2 aliphatic rings. The van der Waals surface area contributed by atoms with Crippen LogP contribution in [0.1, 0.15) is 60.5 Å². The Labute approximate surface area is 236 Å². The smallest absolute Gasteiger partial charge is 0.475 e. The summed E-state index contributed by atoms with van der Waals surface area (Å²) in [5, 5.41) is 28.3. The number of nitriles is 1. The molecule has 0 radical (unpaired) electrons. The number of halogens is 3. The van der Waals surface area contributed by atoms with Gasteiger partial charge in [-0.3, -0.25) is 14.6 Å². The van der Waals surface area contributed by atoms with Crippen LogP contribution in [0.25, 0.3) is 5.57 Å². The van der Waals surface area contributed by atoms with Gasteiger partial charge in [-0.15, -0.1) is 0 Å². The molecule has 0 spiro atoms. The monoisotopic (exact) mass is 576 g/mol. The number of aliphatic hydroxyl groups excluding tert-OH is 1. The van der Waals surface area contributed by atoms with Gasteiger partial charge in [0.1, 0.15) is 11.8 Å². The lowest BCUT2D eigenvalue weighted by Gasteiger charge is -2.34. The standard InChI is InChI=1S/C26H34N6O2.C2HF3O2/c1-26(2)7-5-20(6-8-26)22-15-19(18-32-11-9-31(10-12-32)13-14-33)3-4-23(22)30-25(34)24-28-17-21(16-27)29-24;3-2(4,5)1(6)7/h3-5,15,17,33H,6-14,18H2,1-2H3,(H,28,29)(H,30,34);(H,6,7). The van der Waals surface area contributed by atoms with Gasteiger partial charge in [0.15, 0.2) is 5.82 Å². The van der Waals surface area contributed by atoms with Crippen LogP contribution in [0, 0.1) is 16.7 Å². The lowest BCUT2D eigenvalue weighted by molar-refractivity contribution is -0.192. The molecule has 10 nitrogen and oxygen atoms in total. The van der Waals surface area contributed by atoms with Crippen LogP contribution < -0.4 is 5.32 Å². The minimum atomic E-state index is -5.08. The molecule has 1 aliphatic carbocycles. The van der Waals surface area contributed by atoms with E-state index in [1.54, 1.807) is 0 Å². The van der Waals surface area contributed by atoms with E-state index in [9.17, 15) is 23.1 Å². The Hall–Kier alpha value is -3.73. The van der Waals surface area contributed by atoms with Crippen molar-refractivity contribution in [3.63, 3.8) is 0 Å². The van der Waals surface area contributed by atoms with Crippen LogP contribution in [-0.2, 0) is 11.3 Å². The lowest BCUT2D eigenvalue weighted by atomic mass is 9.76. The summed E-state index contributed by atoms with van der Waals surface area (Å²) >= 11 is 0. The molecule has 2 heterocycles. The van der Waals surface area contributed by atoms with Crippen LogP contribution in [0.15, 0.2) is 30.5 Å². The quantitative estimate of drug-likeness (QED) is 0.389. The maximum Gasteiger partial charge on any atom is 0.490 e. The van der Waals surface area contributed by atoms with Gasteiger partial charge in [0.05, 0.1) is 12.8 Å². The predicted molar refractivity (Wildman–Crippen MR) is 146 cm³/mol. The Morgan fingerprint density at radius 1 is 1.20 bits per heavy atom. The van der Waals surface area contributed by atoms with Crippen molar-refractivity contribution in [2.24, 2.45) is 5.41 Å². The highest BCUT2D eigenvalue weighted by atomic mass is 19.4. The maximum atomic E-state index is 12.8. The number of carbonyl (C=O) groups excluding carboxylic acids is 1. The summed E-state index contributed by atoms with van der Waals surface area (Å²) in [4.78, 5) is 33.2. The van der Waals surface area contributed by atoms with Crippen molar-refractivity contribution in [3.8, 4) is 6.07 Å². The first-order valence-electron chi connectivity index (χ1n) is 13.3. The van der Waals surface area contributed by atoms with Crippen molar-refractivity contribution in [2.75, 3.05) is 44.6 Å². The Kier molecular flexibility index (Phi) is 10.7. The molecule has 13 heteroatoms. The zero-order valence-corrected chi connectivity index (χ0v) is 23.1. The number of hydrogen-bond donors (Lipinski definition) is 4. The number of amides is 1. The summed E-state index contributed by atoms with van der Waals surface area (Å²) in [6.07, 6.45) is 1.68. The van der Waals surface area contributed by atoms with Gasteiger partial charge in [0.25, 0.3) is 5.91 Å². The first-order valence-corrected chi connectivity index (χ1v) is 13.3. The normalized spacial score (nSPS) is 17.5. The maximum absolute atomic E-state index is 12.8. The highest BCUT2D eigenvalue weighted by Gasteiger charge is 2.38. The summed E-state index contributed by atoms with van der Waals surface area (Å²) in [5.41, 5.74) is 4.87. The van der Waals surface area contributed by atoms with Crippen LogP contribution >= 0.6 is 0 Å². The van der Waals surface area contributed by atoms with Crippen molar-refractivity contribution in [3.05, 3.63) is 53.1 Å². The van der Waals surface area contributed by atoms with Crippen molar-refractivity contribution in [1.29, 1.82) is 5.26 Å². The SMILES string of the molecule is CC1(C)CC=C(c2cc(CN3CCN(CCO)CC3)ccc2NC(=O)c2ncc(C#N)[nH]2)CC1.O=C(O)C(F)(F)F. The van der Waals surface area contributed by atoms with Gasteiger partial charge in [0.2, 0.25) is 0 Å². The predicted octanol–water partition coefficient (Wildman–Crippen LogP) is 3.87. The second-order valence-electron chi connectivity index (χ2n) is 10.8. The number of H-pyrrole nitrogens is 1. The van der Waals surface area contributed by atoms with Crippen LogP contribution in [0.2, 0.25) is 0 Å². The number of carboxylic acids is 1. The first-order chi connectivity index (χ1) is 19.3. The fourth-order valence-corrected chi connectivity index (χ4v) is 4.63. The minimum Gasteiger partial charge on any atom is -0.475 e. The number of rotatable bonds is 7. The number of alkyl halides is 3. The molecule has 41 heavy (non-hydrogen) atoms. The van der Waals surface area contributed by atoms with E-state index in [-0.39, 0.29) is 24.0 Å². The van der Waals surface area contributed by atoms with E-state index in [2.05, 4.69) is 57.1 Å². The number of imidazole rings is 1. The Balaban J connectivity index is 0.000000587. The summed E-state index contributed by atoms with van der Waals surface area (Å²) in [7, 11) is 0. The zero-order chi connectivity index (χ0) is 30.2. The number of anilines is 1. The molecule has 1 aromatic carbocycles. The Morgan fingerprint density at radius 3 is 2.39 bits per heavy atom. The molecule has 4 N–H and O–H groups in total. The topological polar surface area (TPSA) is 146 Å². The van der Waals surface area contributed by atoms with Crippen molar-refractivity contribution >= 4 is 23.1 Å². The van der Waals surface area contributed by atoms with E-state index >= 15 is 0 Å². The molecule has 2 aromatic rings. The second kappa shape index (κ2) is 13.8. The van der Waals surface area contributed by atoms with E-state index in [0.717, 1.165) is 69.8 Å². The number of aliphatic hydroxyl groups is 1. The second-order valence-corrected chi connectivity index (χ2v) is 10.8. The van der Waals surface area contributed by atoms with E-state index < -0.39 is 12.1 Å². The number of aliphatic carboxylic acids is 1. The number of aromatic amines is 1. The molecule has 1 aromatic heterocycles. The third-order valence-electron chi connectivity index (χ3n) is 7.09. The van der Waals surface area contributed by atoms with Gasteiger partial charge < -0.3 is 20.5 Å². The number of allylic oxidation sites excluding steroid dienone is 2. The van der Waals surface area contributed by atoms with Gasteiger partial charge >= 0.3 is 12.1 Å².